The van der Waals surface area contributed by atoms with Gasteiger partial charge in [0.2, 0.25) is 0 Å². The van der Waals surface area contributed by atoms with E-state index in [1.807, 2.05) is 0 Å². The summed E-state index contributed by atoms with van der Waals surface area (Å²) in [5, 5.41) is 18.0. The highest BCUT2D eigenvalue weighted by Crippen LogP contribution is 2.30. The van der Waals surface area contributed by atoms with Crippen LogP contribution in [0, 0.1) is 0 Å². The third-order valence-electron chi connectivity index (χ3n) is 2.01. The zero-order valence-corrected chi connectivity index (χ0v) is 10.3. The Labute approximate surface area is 105 Å². The molecule has 1 aromatic carbocycles. The molecular weight excluding hydrogens is 299 g/mol. The molecule has 0 amide bonds. The van der Waals surface area contributed by atoms with Crippen molar-refractivity contribution in [1.29, 1.82) is 0 Å². The first kappa shape index (κ1) is 13.0. The van der Waals surface area contributed by atoms with Gasteiger partial charge >= 0.3 is 11.9 Å². The second-order valence-corrected chi connectivity index (χ2v) is 4.45. The van der Waals surface area contributed by atoms with Gasteiger partial charge < -0.3 is 10.2 Å². The first-order valence-corrected chi connectivity index (χ1v) is 5.48. The predicted molar refractivity (Wildman–Crippen MR) is 61.8 cm³/mol. The molecule has 0 aliphatic rings. The van der Waals surface area contributed by atoms with Crippen molar-refractivity contribution in [3.05, 3.63) is 33.3 Å². The average molecular weight is 308 g/mol. The third-order valence-corrected chi connectivity index (χ3v) is 2.97. The van der Waals surface area contributed by atoms with Gasteiger partial charge in [-0.25, -0.2) is 0 Å². The van der Waals surface area contributed by atoms with Crippen LogP contribution in [-0.4, -0.2) is 22.2 Å². The van der Waals surface area contributed by atoms with Gasteiger partial charge in [0.05, 0.1) is 12.3 Å². The fourth-order valence-corrected chi connectivity index (χ4v) is 1.99. The monoisotopic (exact) mass is 306 g/mol. The number of carboxylic acids is 2. The normalized spacial score (nSPS) is 12.1. The van der Waals surface area contributed by atoms with Crippen molar-refractivity contribution in [2.75, 3.05) is 0 Å². The topological polar surface area (TPSA) is 74.6 Å². The zero-order chi connectivity index (χ0) is 12.3. The minimum absolute atomic E-state index is 0.363. The average Bonchev–Trinajstić information content (AvgIpc) is 2.18. The number of rotatable bonds is 4. The SMILES string of the molecule is O=C(O)CC(C(=O)O)c1cc(Cl)ccc1Br. The molecule has 0 saturated heterocycles. The fourth-order valence-electron chi connectivity index (χ4n) is 1.29. The summed E-state index contributed by atoms with van der Waals surface area (Å²) in [6.45, 7) is 0. The van der Waals surface area contributed by atoms with Gasteiger partial charge in [-0.1, -0.05) is 27.5 Å². The van der Waals surface area contributed by atoms with E-state index in [9.17, 15) is 9.59 Å². The van der Waals surface area contributed by atoms with Gasteiger partial charge in [0.15, 0.2) is 0 Å². The van der Waals surface area contributed by atoms with Gasteiger partial charge in [0, 0.05) is 9.50 Å². The summed E-state index contributed by atoms with van der Waals surface area (Å²) in [5.41, 5.74) is 0.363. The molecule has 4 nitrogen and oxygen atoms in total. The lowest BCUT2D eigenvalue weighted by Gasteiger charge is -2.12. The van der Waals surface area contributed by atoms with Crippen molar-refractivity contribution in [3.8, 4) is 0 Å². The highest BCUT2D eigenvalue weighted by molar-refractivity contribution is 9.10. The Kier molecular flexibility index (Phi) is 4.32. The van der Waals surface area contributed by atoms with Crippen molar-refractivity contribution in [1.82, 2.24) is 0 Å². The molecule has 0 aliphatic carbocycles. The fraction of sp³-hybridized carbons (Fsp3) is 0.200. The predicted octanol–water partition coefficient (Wildman–Crippen LogP) is 2.75. The molecule has 0 fully saturated rings. The Morgan fingerprint density at radius 2 is 2.00 bits per heavy atom. The van der Waals surface area contributed by atoms with E-state index in [0.29, 0.717) is 15.1 Å². The van der Waals surface area contributed by atoms with Gasteiger partial charge in [-0.15, -0.1) is 0 Å². The number of hydrogen-bond acceptors (Lipinski definition) is 2. The summed E-state index contributed by atoms with van der Waals surface area (Å²) < 4.78 is 0.533. The largest absolute Gasteiger partial charge is 0.481 e. The van der Waals surface area contributed by atoms with E-state index < -0.39 is 24.3 Å². The zero-order valence-electron chi connectivity index (χ0n) is 7.98. The third kappa shape index (κ3) is 3.21. The van der Waals surface area contributed by atoms with Gasteiger partial charge in [-0.05, 0) is 23.8 Å². The van der Waals surface area contributed by atoms with Gasteiger partial charge in [-0.3, -0.25) is 9.59 Å². The molecule has 0 aromatic heterocycles. The highest BCUT2D eigenvalue weighted by Gasteiger charge is 2.25. The van der Waals surface area contributed by atoms with E-state index in [2.05, 4.69) is 15.9 Å². The molecule has 2 N–H and O–H groups in total. The molecule has 0 radical (unpaired) electrons. The number of carboxylic acid groups (broad SMARTS) is 2. The number of hydrogen-bond donors (Lipinski definition) is 2. The van der Waals surface area contributed by atoms with Crippen molar-refractivity contribution in [3.63, 3.8) is 0 Å². The first-order valence-electron chi connectivity index (χ1n) is 4.31. The molecule has 0 bridgehead atoms. The Balaban J connectivity index is 3.14. The lowest BCUT2D eigenvalue weighted by atomic mass is 9.96. The van der Waals surface area contributed by atoms with E-state index in [4.69, 9.17) is 21.8 Å². The van der Waals surface area contributed by atoms with Crippen molar-refractivity contribution in [2.45, 2.75) is 12.3 Å². The molecule has 0 heterocycles. The molecule has 0 aliphatic heterocycles. The molecule has 0 saturated carbocycles. The number of aliphatic carboxylic acids is 2. The maximum atomic E-state index is 11.0. The van der Waals surface area contributed by atoms with Crippen LogP contribution in [0.25, 0.3) is 0 Å². The van der Waals surface area contributed by atoms with Crippen LogP contribution in [0.5, 0.6) is 0 Å². The van der Waals surface area contributed by atoms with Crippen molar-refractivity contribution in [2.24, 2.45) is 0 Å². The van der Waals surface area contributed by atoms with Crippen LogP contribution in [0.3, 0.4) is 0 Å². The maximum absolute atomic E-state index is 11.0. The highest BCUT2D eigenvalue weighted by atomic mass is 79.9. The minimum Gasteiger partial charge on any atom is -0.481 e. The Morgan fingerprint density at radius 1 is 1.38 bits per heavy atom. The minimum atomic E-state index is -1.19. The molecule has 1 unspecified atom stereocenters. The van der Waals surface area contributed by atoms with E-state index in [-0.39, 0.29) is 0 Å². The molecule has 0 spiro atoms. The smallest absolute Gasteiger partial charge is 0.311 e. The Morgan fingerprint density at radius 3 is 2.50 bits per heavy atom. The molecule has 6 heteroatoms. The van der Waals surface area contributed by atoms with Crippen LogP contribution in [0.4, 0.5) is 0 Å². The van der Waals surface area contributed by atoms with Crippen LogP contribution in [-0.2, 0) is 9.59 Å². The van der Waals surface area contributed by atoms with E-state index in [0.717, 1.165) is 0 Å². The molecule has 1 rings (SSSR count). The first-order chi connectivity index (χ1) is 7.41. The summed E-state index contributed by atoms with van der Waals surface area (Å²) in [6, 6.07) is 4.64. The number of benzene rings is 1. The Hall–Kier alpha value is -1.07. The summed E-state index contributed by atoms with van der Waals surface area (Å²) in [5.74, 6) is -3.46. The van der Waals surface area contributed by atoms with Crippen LogP contribution >= 0.6 is 27.5 Å². The number of halogens is 2. The second kappa shape index (κ2) is 5.32. The lowest BCUT2D eigenvalue weighted by molar-refractivity contribution is -0.145. The molecule has 1 atom stereocenters. The van der Waals surface area contributed by atoms with E-state index >= 15 is 0 Å². The summed E-state index contributed by atoms with van der Waals surface area (Å²) in [6.07, 6.45) is -0.478. The summed E-state index contributed by atoms with van der Waals surface area (Å²) in [7, 11) is 0. The van der Waals surface area contributed by atoms with Crippen LogP contribution in [0.1, 0.15) is 17.9 Å². The van der Waals surface area contributed by atoms with Crippen molar-refractivity contribution >= 4 is 39.5 Å². The van der Waals surface area contributed by atoms with Gasteiger partial charge in [-0.2, -0.15) is 0 Å². The molecule has 86 valence electrons. The van der Waals surface area contributed by atoms with Crippen LogP contribution < -0.4 is 0 Å². The van der Waals surface area contributed by atoms with Crippen molar-refractivity contribution < 1.29 is 19.8 Å². The maximum Gasteiger partial charge on any atom is 0.311 e. The quantitative estimate of drug-likeness (QED) is 0.897. The van der Waals surface area contributed by atoms with Gasteiger partial charge in [0.1, 0.15) is 0 Å². The van der Waals surface area contributed by atoms with Crippen LogP contribution in [0.15, 0.2) is 22.7 Å². The van der Waals surface area contributed by atoms with Gasteiger partial charge in [0.25, 0.3) is 0 Å². The Bertz CT molecular complexity index is 433. The second-order valence-electron chi connectivity index (χ2n) is 3.15. The number of carbonyl (C=O) groups is 2. The standard InChI is InChI=1S/C10H8BrClO4/c11-8-2-1-5(12)3-6(8)7(10(15)16)4-9(13)14/h1-3,7H,4H2,(H,13,14)(H,15,16). The summed E-state index contributed by atoms with van der Waals surface area (Å²) in [4.78, 5) is 21.5. The molecular formula is C10H8BrClO4. The van der Waals surface area contributed by atoms with E-state index in [1.165, 1.54) is 6.07 Å². The van der Waals surface area contributed by atoms with E-state index in [1.54, 1.807) is 12.1 Å². The lowest BCUT2D eigenvalue weighted by Crippen LogP contribution is -2.16. The molecule has 1 aromatic rings. The van der Waals surface area contributed by atoms with Crippen LogP contribution in [0.2, 0.25) is 5.02 Å². The molecule has 16 heavy (non-hydrogen) atoms. The summed E-state index contributed by atoms with van der Waals surface area (Å²) >= 11 is 8.92.